The first-order valence-corrected chi connectivity index (χ1v) is 6.78. The summed E-state index contributed by atoms with van der Waals surface area (Å²) in [6.07, 6.45) is 0.621. The number of carbonyl (C=O) groups excluding carboxylic acids is 1. The number of carbonyl (C=O) groups is 2. The van der Waals surface area contributed by atoms with Crippen molar-refractivity contribution in [2.75, 3.05) is 6.54 Å². The van der Waals surface area contributed by atoms with Gasteiger partial charge < -0.3 is 14.7 Å². The SMILES string of the molecule is C[C@H](OCc1ccccc1)C(=O)N1CCC[C@H]1C(=O)O. The Balaban J connectivity index is 1.90. The second-order valence-corrected chi connectivity index (χ2v) is 4.97. The number of rotatable bonds is 5. The highest BCUT2D eigenvalue weighted by Gasteiger charge is 2.36. The number of hydrogen-bond donors (Lipinski definition) is 1. The maximum absolute atomic E-state index is 12.2. The van der Waals surface area contributed by atoms with E-state index in [1.807, 2.05) is 30.3 Å². The van der Waals surface area contributed by atoms with Gasteiger partial charge in [0.1, 0.15) is 12.1 Å². The fraction of sp³-hybridized carbons (Fsp3) is 0.467. The molecule has 1 aromatic carbocycles. The topological polar surface area (TPSA) is 66.8 Å². The highest BCUT2D eigenvalue weighted by atomic mass is 16.5. The van der Waals surface area contributed by atoms with Gasteiger partial charge in [0.2, 0.25) is 0 Å². The quantitative estimate of drug-likeness (QED) is 0.889. The molecule has 0 radical (unpaired) electrons. The summed E-state index contributed by atoms with van der Waals surface area (Å²) in [5, 5.41) is 9.09. The second-order valence-electron chi connectivity index (χ2n) is 4.97. The van der Waals surface area contributed by atoms with Crippen LogP contribution in [0.5, 0.6) is 0 Å². The monoisotopic (exact) mass is 277 g/mol. The fourth-order valence-corrected chi connectivity index (χ4v) is 2.39. The fourth-order valence-electron chi connectivity index (χ4n) is 2.39. The minimum atomic E-state index is -0.939. The van der Waals surface area contributed by atoms with E-state index in [0.717, 1.165) is 12.0 Å². The predicted octanol–water partition coefficient (Wildman–Crippen LogP) is 1.67. The van der Waals surface area contributed by atoms with Crippen LogP contribution in [0.2, 0.25) is 0 Å². The van der Waals surface area contributed by atoms with E-state index >= 15 is 0 Å². The van der Waals surface area contributed by atoms with E-state index in [1.165, 1.54) is 4.90 Å². The summed E-state index contributed by atoms with van der Waals surface area (Å²) in [6, 6.07) is 8.88. The van der Waals surface area contributed by atoms with Crippen LogP contribution in [0.1, 0.15) is 25.3 Å². The average Bonchev–Trinajstić information content (AvgIpc) is 2.94. The minimum Gasteiger partial charge on any atom is -0.480 e. The van der Waals surface area contributed by atoms with Crippen LogP contribution in [0.3, 0.4) is 0 Å². The lowest BCUT2D eigenvalue weighted by Gasteiger charge is -2.24. The van der Waals surface area contributed by atoms with Crippen molar-refractivity contribution in [1.29, 1.82) is 0 Å². The van der Waals surface area contributed by atoms with E-state index in [-0.39, 0.29) is 5.91 Å². The van der Waals surface area contributed by atoms with Gasteiger partial charge in [-0.15, -0.1) is 0 Å². The molecule has 0 aromatic heterocycles. The Hall–Kier alpha value is -1.88. The Kier molecular flexibility index (Phi) is 4.74. The maximum atomic E-state index is 12.2. The molecule has 108 valence electrons. The molecular weight excluding hydrogens is 258 g/mol. The smallest absolute Gasteiger partial charge is 0.326 e. The number of aliphatic carboxylic acids is 1. The number of likely N-dealkylation sites (tertiary alicyclic amines) is 1. The van der Waals surface area contributed by atoms with Crippen molar-refractivity contribution in [2.45, 2.75) is 38.5 Å². The standard InChI is InChI=1S/C15H19NO4/c1-11(20-10-12-6-3-2-4-7-12)14(17)16-9-5-8-13(16)15(18)19/h2-4,6-7,11,13H,5,8-10H2,1H3,(H,18,19)/t11-,13-/m0/s1. The first kappa shape index (κ1) is 14.5. The van der Waals surface area contributed by atoms with Crippen LogP contribution in [0.15, 0.2) is 30.3 Å². The third-order valence-corrected chi connectivity index (χ3v) is 3.51. The van der Waals surface area contributed by atoms with Crippen molar-refractivity contribution < 1.29 is 19.4 Å². The first-order valence-electron chi connectivity index (χ1n) is 6.78. The zero-order valence-electron chi connectivity index (χ0n) is 11.5. The van der Waals surface area contributed by atoms with E-state index in [1.54, 1.807) is 6.92 Å². The van der Waals surface area contributed by atoms with Crippen LogP contribution in [0.4, 0.5) is 0 Å². The summed E-state index contributed by atoms with van der Waals surface area (Å²) in [5.74, 6) is -1.18. The molecule has 5 heteroatoms. The van der Waals surface area contributed by atoms with E-state index in [2.05, 4.69) is 0 Å². The Labute approximate surface area is 118 Å². The van der Waals surface area contributed by atoms with Crippen LogP contribution >= 0.6 is 0 Å². The molecule has 0 spiro atoms. The van der Waals surface area contributed by atoms with Crippen molar-refractivity contribution in [2.24, 2.45) is 0 Å². The highest BCUT2D eigenvalue weighted by molar-refractivity contribution is 5.86. The number of ether oxygens (including phenoxy) is 1. The van der Waals surface area contributed by atoms with Crippen molar-refractivity contribution >= 4 is 11.9 Å². The minimum absolute atomic E-state index is 0.245. The summed E-state index contributed by atoms with van der Waals surface area (Å²) in [6.45, 7) is 2.51. The van der Waals surface area contributed by atoms with E-state index in [0.29, 0.717) is 19.6 Å². The van der Waals surface area contributed by atoms with Gasteiger partial charge in [-0.25, -0.2) is 4.79 Å². The Morgan fingerprint density at radius 1 is 1.40 bits per heavy atom. The van der Waals surface area contributed by atoms with Gasteiger partial charge in [-0.05, 0) is 25.3 Å². The summed E-state index contributed by atoms with van der Waals surface area (Å²) in [4.78, 5) is 24.7. The molecule has 0 aliphatic carbocycles. The number of benzene rings is 1. The van der Waals surface area contributed by atoms with Crippen LogP contribution < -0.4 is 0 Å². The number of carboxylic acid groups (broad SMARTS) is 1. The molecule has 2 rings (SSSR count). The van der Waals surface area contributed by atoms with E-state index in [9.17, 15) is 9.59 Å². The lowest BCUT2D eigenvalue weighted by molar-refractivity contribution is -0.153. The number of carboxylic acids is 1. The highest BCUT2D eigenvalue weighted by Crippen LogP contribution is 2.19. The van der Waals surface area contributed by atoms with Crippen LogP contribution in [-0.2, 0) is 20.9 Å². The van der Waals surface area contributed by atoms with Gasteiger partial charge in [0, 0.05) is 6.54 Å². The molecule has 1 aliphatic rings. The molecule has 2 atom stereocenters. The van der Waals surface area contributed by atoms with Gasteiger partial charge in [0.15, 0.2) is 0 Å². The number of nitrogens with zero attached hydrogens (tertiary/aromatic N) is 1. The molecule has 1 heterocycles. The lowest BCUT2D eigenvalue weighted by atomic mass is 10.2. The van der Waals surface area contributed by atoms with Crippen molar-refractivity contribution in [3.63, 3.8) is 0 Å². The molecule has 1 amide bonds. The van der Waals surface area contributed by atoms with E-state index < -0.39 is 18.1 Å². The summed E-state index contributed by atoms with van der Waals surface area (Å²) < 4.78 is 5.55. The van der Waals surface area contributed by atoms with Crippen LogP contribution in [-0.4, -0.2) is 40.6 Å². The van der Waals surface area contributed by atoms with Crippen molar-refractivity contribution in [1.82, 2.24) is 4.90 Å². The molecule has 20 heavy (non-hydrogen) atoms. The molecule has 1 aliphatic heterocycles. The van der Waals surface area contributed by atoms with Gasteiger partial charge in [-0.2, -0.15) is 0 Å². The Bertz CT molecular complexity index is 474. The maximum Gasteiger partial charge on any atom is 0.326 e. The third-order valence-electron chi connectivity index (χ3n) is 3.51. The molecule has 0 bridgehead atoms. The molecule has 1 fully saturated rings. The third kappa shape index (κ3) is 3.36. The number of amides is 1. The van der Waals surface area contributed by atoms with Gasteiger partial charge in [0.05, 0.1) is 6.61 Å². The first-order chi connectivity index (χ1) is 9.59. The average molecular weight is 277 g/mol. The summed E-state index contributed by atoms with van der Waals surface area (Å²) >= 11 is 0. The zero-order chi connectivity index (χ0) is 14.5. The summed E-state index contributed by atoms with van der Waals surface area (Å²) in [5.41, 5.74) is 0.989. The van der Waals surface area contributed by atoms with Gasteiger partial charge in [-0.1, -0.05) is 30.3 Å². The normalized spacial score (nSPS) is 19.9. The van der Waals surface area contributed by atoms with Gasteiger partial charge in [-0.3, -0.25) is 4.79 Å². The Morgan fingerprint density at radius 3 is 2.75 bits per heavy atom. The largest absolute Gasteiger partial charge is 0.480 e. The number of hydrogen-bond acceptors (Lipinski definition) is 3. The second kappa shape index (κ2) is 6.52. The molecule has 0 unspecified atom stereocenters. The molecule has 5 nitrogen and oxygen atoms in total. The Morgan fingerprint density at radius 2 is 2.10 bits per heavy atom. The lowest BCUT2D eigenvalue weighted by Crippen LogP contribution is -2.45. The van der Waals surface area contributed by atoms with Gasteiger partial charge in [0.25, 0.3) is 5.91 Å². The van der Waals surface area contributed by atoms with Crippen LogP contribution in [0, 0.1) is 0 Å². The van der Waals surface area contributed by atoms with E-state index in [4.69, 9.17) is 9.84 Å². The van der Waals surface area contributed by atoms with Crippen molar-refractivity contribution in [3.8, 4) is 0 Å². The molecule has 1 saturated heterocycles. The molecule has 1 aromatic rings. The van der Waals surface area contributed by atoms with Gasteiger partial charge >= 0.3 is 5.97 Å². The molecular formula is C15H19NO4. The predicted molar refractivity (Wildman–Crippen MR) is 73.1 cm³/mol. The molecule has 0 saturated carbocycles. The van der Waals surface area contributed by atoms with Crippen LogP contribution in [0.25, 0.3) is 0 Å². The molecule has 1 N–H and O–H groups in total. The zero-order valence-corrected chi connectivity index (χ0v) is 11.5. The summed E-state index contributed by atoms with van der Waals surface area (Å²) in [7, 11) is 0. The van der Waals surface area contributed by atoms with Crippen molar-refractivity contribution in [3.05, 3.63) is 35.9 Å².